The van der Waals surface area contributed by atoms with Gasteiger partial charge in [-0.15, -0.1) is 12.4 Å². The molecular formula is C37H45ClF4N4O4S. The van der Waals surface area contributed by atoms with E-state index in [1.54, 1.807) is 4.90 Å². The van der Waals surface area contributed by atoms with Gasteiger partial charge in [-0.1, -0.05) is 12.1 Å². The van der Waals surface area contributed by atoms with Crippen LogP contribution in [0.4, 0.5) is 28.9 Å². The van der Waals surface area contributed by atoms with Crippen LogP contribution in [-0.4, -0.2) is 69.6 Å². The molecule has 7 rings (SSSR count). The summed E-state index contributed by atoms with van der Waals surface area (Å²) in [4.78, 5) is 19.1. The first kappa shape index (κ1) is 38.7. The molecule has 8 nitrogen and oxygen atoms in total. The average Bonchev–Trinajstić information content (AvgIpc) is 3.71. The number of amides is 1. The fourth-order valence-corrected chi connectivity index (χ4v) is 7.46. The van der Waals surface area contributed by atoms with Gasteiger partial charge in [-0.05, 0) is 78.6 Å². The van der Waals surface area contributed by atoms with Crippen molar-refractivity contribution in [1.82, 2.24) is 10.2 Å². The molecule has 3 aromatic carbocycles. The molecule has 4 heterocycles. The maximum absolute atomic E-state index is 13.5. The van der Waals surface area contributed by atoms with Crippen molar-refractivity contribution in [3.8, 4) is 5.75 Å². The highest BCUT2D eigenvalue weighted by Crippen LogP contribution is 2.35. The molecule has 0 unspecified atom stereocenters. The second-order valence-electron chi connectivity index (χ2n) is 14.0. The maximum Gasteiger partial charge on any atom is 0.258 e. The Bertz CT molecular complexity index is 1840. The Labute approximate surface area is 303 Å². The molecule has 0 bridgehead atoms. The van der Waals surface area contributed by atoms with E-state index in [0.717, 1.165) is 41.8 Å². The van der Waals surface area contributed by atoms with Crippen molar-refractivity contribution >= 4 is 39.5 Å². The van der Waals surface area contributed by atoms with Crippen molar-refractivity contribution in [1.29, 1.82) is 0 Å². The molecule has 3 aromatic rings. The van der Waals surface area contributed by atoms with E-state index in [4.69, 9.17) is 4.74 Å². The monoisotopic (exact) mass is 752 g/mol. The van der Waals surface area contributed by atoms with Gasteiger partial charge in [-0.25, -0.2) is 26.0 Å². The molecule has 1 amide bonds. The summed E-state index contributed by atoms with van der Waals surface area (Å²) in [5.41, 5.74) is 6.75. The molecule has 14 heteroatoms. The third-order valence-corrected chi connectivity index (χ3v) is 10.8. The van der Waals surface area contributed by atoms with E-state index in [2.05, 4.69) is 28.4 Å². The molecule has 0 atom stereocenters. The normalized spacial score (nSPS) is 19.1. The first-order chi connectivity index (χ1) is 23.6. The second-order valence-corrected chi connectivity index (χ2v) is 16.0. The van der Waals surface area contributed by atoms with E-state index >= 15 is 0 Å². The van der Waals surface area contributed by atoms with Crippen LogP contribution in [0.2, 0.25) is 0 Å². The lowest BCUT2D eigenvalue weighted by Gasteiger charge is -2.33. The Morgan fingerprint density at radius 2 is 1.25 bits per heavy atom. The highest BCUT2D eigenvalue weighted by molar-refractivity contribution is 7.90. The molecule has 4 aliphatic heterocycles. The number of hydrogen-bond donors (Lipinski definition) is 1. The van der Waals surface area contributed by atoms with E-state index in [9.17, 15) is 30.8 Å². The summed E-state index contributed by atoms with van der Waals surface area (Å²) in [6.07, 6.45) is 0.540. The number of alkyl halides is 4. The number of fused-ring (bicyclic) bond motifs is 2. The summed E-state index contributed by atoms with van der Waals surface area (Å²) in [6.45, 7) is 7.74. The molecular weight excluding hydrogens is 708 g/mol. The van der Waals surface area contributed by atoms with Crippen molar-refractivity contribution in [2.24, 2.45) is 0 Å². The number of sulfone groups is 1. The minimum atomic E-state index is -3.49. The van der Waals surface area contributed by atoms with Gasteiger partial charge in [0, 0.05) is 95.7 Å². The Balaban J connectivity index is 0.000000235. The van der Waals surface area contributed by atoms with E-state index in [0.29, 0.717) is 45.0 Å². The van der Waals surface area contributed by atoms with Gasteiger partial charge in [0.05, 0.1) is 16.6 Å². The van der Waals surface area contributed by atoms with Crippen LogP contribution in [0.5, 0.6) is 5.75 Å². The van der Waals surface area contributed by atoms with Crippen LogP contribution in [0, 0.1) is 0 Å². The highest BCUT2D eigenvalue weighted by atomic mass is 35.5. The third kappa shape index (κ3) is 9.28. The fourth-order valence-electron chi connectivity index (χ4n) is 6.82. The highest BCUT2D eigenvalue weighted by Gasteiger charge is 2.36. The molecule has 2 fully saturated rings. The molecule has 0 aromatic heterocycles. The lowest BCUT2D eigenvalue weighted by Crippen LogP contribution is -2.39. The Hall–Kier alpha value is -3.55. The van der Waals surface area contributed by atoms with Gasteiger partial charge in [0.1, 0.15) is 5.75 Å². The first-order valence-corrected chi connectivity index (χ1v) is 19.0. The lowest BCUT2D eigenvalue weighted by molar-refractivity contribution is -0.0226. The smallest absolute Gasteiger partial charge is 0.258 e. The SMILES string of the molecule is CC(C)Oc1ccc(S(C)(=O)=O)cc1C(=O)N1Cc2ccc(N3CCC(F)(F)CC3)cc2C1.Cl.FC1(F)CCN(c2ccc3c(c2)CNC3)CC1. The number of nitrogens with one attached hydrogen (secondary N) is 1. The standard InChI is InChI=1S/C24H28F2N2O4S.C13H16F2N2.ClH/c1-16(2)32-22-7-6-20(33(3,30)31)13-21(22)23(29)28-14-17-4-5-19(12-18(17)15-28)27-10-8-24(25,26)9-11-27;14-13(15)3-5-17(6-4-13)12-2-1-10-8-16-9-11(10)7-12;/h4-7,12-13,16H,8-11,14-15H2,1-3H3;1-2,7,16H,3-6,8-9H2;1H. The Kier molecular flexibility index (Phi) is 11.5. The van der Waals surface area contributed by atoms with Crippen LogP contribution in [0.1, 0.15) is 72.1 Å². The van der Waals surface area contributed by atoms with Crippen molar-refractivity contribution in [2.45, 2.75) is 88.6 Å². The predicted octanol–water partition coefficient (Wildman–Crippen LogP) is 7.22. The summed E-state index contributed by atoms with van der Waals surface area (Å²) in [5.74, 6) is -5.04. The minimum Gasteiger partial charge on any atom is -0.490 e. The van der Waals surface area contributed by atoms with E-state index in [1.807, 2.05) is 36.9 Å². The van der Waals surface area contributed by atoms with Gasteiger partial charge in [-0.2, -0.15) is 0 Å². The lowest BCUT2D eigenvalue weighted by atomic mass is 10.0. The van der Waals surface area contributed by atoms with Crippen LogP contribution < -0.4 is 19.9 Å². The zero-order valence-corrected chi connectivity index (χ0v) is 30.7. The van der Waals surface area contributed by atoms with Gasteiger partial charge >= 0.3 is 0 Å². The van der Waals surface area contributed by atoms with E-state index in [1.165, 1.54) is 29.3 Å². The van der Waals surface area contributed by atoms with E-state index in [-0.39, 0.29) is 60.6 Å². The van der Waals surface area contributed by atoms with Crippen LogP contribution in [0.15, 0.2) is 59.5 Å². The van der Waals surface area contributed by atoms with E-state index < -0.39 is 21.7 Å². The van der Waals surface area contributed by atoms with Crippen molar-refractivity contribution in [3.63, 3.8) is 0 Å². The van der Waals surface area contributed by atoms with Crippen molar-refractivity contribution in [2.75, 3.05) is 42.2 Å². The number of halogens is 5. The topological polar surface area (TPSA) is 82.2 Å². The van der Waals surface area contributed by atoms with Gasteiger partial charge in [-0.3, -0.25) is 4.79 Å². The molecule has 2 saturated heterocycles. The zero-order valence-electron chi connectivity index (χ0n) is 29.1. The van der Waals surface area contributed by atoms with Crippen LogP contribution in [-0.2, 0) is 36.0 Å². The second kappa shape index (κ2) is 15.2. The predicted molar refractivity (Wildman–Crippen MR) is 192 cm³/mol. The third-order valence-electron chi connectivity index (χ3n) is 9.71. The van der Waals surface area contributed by atoms with Crippen molar-refractivity contribution in [3.05, 3.63) is 82.4 Å². The van der Waals surface area contributed by atoms with Crippen molar-refractivity contribution < 1.29 is 35.5 Å². The number of carbonyl (C=O) groups is 1. The number of anilines is 2. The summed E-state index contributed by atoms with van der Waals surface area (Å²) < 4.78 is 83.1. The first-order valence-electron chi connectivity index (χ1n) is 17.1. The van der Waals surface area contributed by atoms with Gasteiger partial charge in [0.25, 0.3) is 17.8 Å². The van der Waals surface area contributed by atoms with Crippen LogP contribution in [0.25, 0.3) is 0 Å². The molecule has 0 radical (unpaired) electrons. The van der Waals surface area contributed by atoms with Gasteiger partial charge < -0.3 is 24.8 Å². The number of nitrogens with zero attached hydrogens (tertiary/aromatic N) is 3. The number of carbonyl (C=O) groups excluding carboxylic acids is 1. The Morgan fingerprint density at radius 1 is 0.745 bits per heavy atom. The molecule has 0 aliphatic carbocycles. The summed E-state index contributed by atoms with van der Waals surface area (Å²) in [7, 11) is -3.49. The number of hydrogen-bond acceptors (Lipinski definition) is 7. The number of benzene rings is 3. The quantitative estimate of drug-likeness (QED) is 0.267. The van der Waals surface area contributed by atoms with Gasteiger partial charge in [0.15, 0.2) is 9.84 Å². The number of piperidine rings is 2. The van der Waals surface area contributed by atoms with Crippen LogP contribution >= 0.6 is 12.4 Å². The zero-order chi connectivity index (χ0) is 35.8. The molecule has 278 valence electrons. The summed E-state index contributed by atoms with van der Waals surface area (Å²) >= 11 is 0. The fraction of sp³-hybridized carbons (Fsp3) is 0.486. The molecule has 0 spiro atoms. The van der Waals surface area contributed by atoms with Gasteiger partial charge in [0.2, 0.25) is 0 Å². The number of ether oxygens (including phenoxy) is 1. The maximum atomic E-state index is 13.5. The molecule has 4 aliphatic rings. The van der Waals surface area contributed by atoms with Crippen LogP contribution in [0.3, 0.4) is 0 Å². The average molecular weight is 753 g/mol. The Morgan fingerprint density at radius 3 is 1.80 bits per heavy atom. The minimum absolute atomic E-state index is 0. The number of rotatable bonds is 6. The summed E-state index contributed by atoms with van der Waals surface area (Å²) in [6, 6.07) is 16.4. The molecule has 1 N–H and O–H groups in total. The summed E-state index contributed by atoms with van der Waals surface area (Å²) in [5, 5.41) is 3.29. The molecule has 0 saturated carbocycles. The molecule has 51 heavy (non-hydrogen) atoms. The largest absolute Gasteiger partial charge is 0.490 e.